The summed E-state index contributed by atoms with van der Waals surface area (Å²) in [6.07, 6.45) is 0. The summed E-state index contributed by atoms with van der Waals surface area (Å²) in [6, 6.07) is 57.3. The molecule has 0 fully saturated rings. The van der Waals surface area contributed by atoms with Crippen LogP contribution in [0.2, 0.25) is 0 Å². The number of para-hydroxylation sites is 2. The lowest BCUT2D eigenvalue weighted by atomic mass is 9.88. The van der Waals surface area contributed by atoms with Gasteiger partial charge < -0.3 is 4.57 Å². The van der Waals surface area contributed by atoms with Crippen molar-refractivity contribution in [3.8, 4) is 28.2 Å². The van der Waals surface area contributed by atoms with Crippen LogP contribution in [0, 0.1) is 0 Å². The van der Waals surface area contributed by atoms with Gasteiger partial charge in [0.2, 0.25) is 0 Å². The van der Waals surface area contributed by atoms with E-state index in [2.05, 4.69) is 108 Å². The van der Waals surface area contributed by atoms with Crippen molar-refractivity contribution in [2.24, 2.45) is 0 Å². The molecule has 0 saturated heterocycles. The van der Waals surface area contributed by atoms with Crippen molar-refractivity contribution in [2.75, 3.05) is 0 Å². The maximum atomic E-state index is 15.5. The molecule has 0 bridgehead atoms. The predicted molar refractivity (Wildman–Crippen MR) is 213 cm³/mol. The Morgan fingerprint density at radius 3 is 1.86 bits per heavy atom. The van der Waals surface area contributed by atoms with E-state index in [0.29, 0.717) is 0 Å². The van der Waals surface area contributed by atoms with Crippen LogP contribution < -0.4 is 15.9 Å². The summed E-state index contributed by atoms with van der Waals surface area (Å²) in [5.41, 5.74) is 6.19. The number of benzene rings is 8. The fraction of sp³-hybridized carbons (Fsp3) is 0. The summed E-state index contributed by atoms with van der Waals surface area (Å²) in [7, 11) is -3.18. The molecule has 5 heteroatoms. The zero-order valence-corrected chi connectivity index (χ0v) is 28.5. The third-order valence-electron chi connectivity index (χ3n) is 10.4. The molecule has 8 aromatic carbocycles. The Morgan fingerprint density at radius 2 is 1.10 bits per heavy atom. The molecule has 50 heavy (non-hydrogen) atoms. The number of thiophene rings is 1. The molecule has 3 heterocycles. The van der Waals surface area contributed by atoms with Crippen molar-refractivity contribution in [3.05, 3.63) is 164 Å². The van der Waals surface area contributed by atoms with Gasteiger partial charge in [0.1, 0.15) is 5.82 Å². The molecule has 1 unspecified atom stereocenters. The Kier molecular flexibility index (Phi) is 5.81. The van der Waals surface area contributed by atoms with Gasteiger partial charge in [0, 0.05) is 41.6 Å². The fourth-order valence-electron chi connectivity index (χ4n) is 8.29. The molecule has 10 aromatic rings. The number of imidazole rings is 1. The van der Waals surface area contributed by atoms with Crippen LogP contribution in [-0.2, 0) is 4.57 Å². The van der Waals surface area contributed by atoms with Crippen molar-refractivity contribution in [2.45, 2.75) is 0 Å². The molecule has 0 radical (unpaired) electrons. The standard InChI is InChI=1S/C45H27N2OPS/c48-49(29-13-2-1-3-14-29)38-22-10-9-21-37(38)47-44-36(20-12-23-39(44)49)46-45(47)43-34-18-6-4-16-32(34)42(33-17-5-7-19-35(33)43)28-25-26-31-30-15-8-11-24-40(30)50-41(31)27-28/h1-27H. The van der Waals surface area contributed by atoms with Crippen molar-refractivity contribution < 1.29 is 4.57 Å². The second-order valence-electron chi connectivity index (χ2n) is 13.0. The van der Waals surface area contributed by atoms with Gasteiger partial charge >= 0.3 is 0 Å². The molecule has 0 saturated carbocycles. The highest BCUT2D eigenvalue weighted by atomic mass is 32.1. The van der Waals surface area contributed by atoms with E-state index in [1.54, 1.807) is 0 Å². The number of hydrogen-bond donors (Lipinski definition) is 0. The van der Waals surface area contributed by atoms with E-state index in [1.165, 1.54) is 42.1 Å². The number of rotatable bonds is 3. The number of fused-ring (bicyclic) bond motifs is 7. The first-order valence-corrected chi connectivity index (χ1v) is 19.4. The molecule has 234 valence electrons. The van der Waals surface area contributed by atoms with Crippen molar-refractivity contribution >= 4 is 87.1 Å². The number of nitrogens with zero attached hydrogens (tertiary/aromatic N) is 2. The van der Waals surface area contributed by atoms with Crippen molar-refractivity contribution in [1.29, 1.82) is 0 Å². The van der Waals surface area contributed by atoms with E-state index >= 15 is 4.57 Å². The summed E-state index contributed by atoms with van der Waals surface area (Å²) >= 11 is 1.85. The Hall–Kier alpha value is -5.80. The predicted octanol–water partition coefficient (Wildman–Crippen LogP) is 11.0. The molecular formula is C45H27N2OPS. The minimum atomic E-state index is -3.18. The monoisotopic (exact) mass is 674 g/mol. The lowest BCUT2D eigenvalue weighted by Crippen LogP contribution is -2.32. The highest BCUT2D eigenvalue weighted by molar-refractivity contribution is 7.86. The van der Waals surface area contributed by atoms with Crippen LogP contribution >= 0.6 is 18.5 Å². The van der Waals surface area contributed by atoms with Crippen molar-refractivity contribution in [1.82, 2.24) is 9.55 Å². The van der Waals surface area contributed by atoms with Crippen LogP contribution in [0.3, 0.4) is 0 Å². The molecule has 1 aliphatic rings. The average Bonchev–Trinajstić information content (AvgIpc) is 3.75. The molecule has 0 spiro atoms. The van der Waals surface area contributed by atoms with E-state index in [4.69, 9.17) is 4.98 Å². The molecule has 2 aromatic heterocycles. The minimum Gasteiger partial charge on any atom is -0.308 e. The van der Waals surface area contributed by atoms with Crippen LogP contribution in [0.25, 0.3) is 81.0 Å². The number of aromatic nitrogens is 2. The smallest absolute Gasteiger partial charge is 0.175 e. The van der Waals surface area contributed by atoms with Crippen LogP contribution in [0.5, 0.6) is 0 Å². The van der Waals surface area contributed by atoms with Gasteiger partial charge in [-0.05, 0) is 69.1 Å². The molecule has 11 rings (SSSR count). The molecule has 3 nitrogen and oxygen atoms in total. The van der Waals surface area contributed by atoms with E-state index in [9.17, 15) is 0 Å². The maximum absolute atomic E-state index is 15.5. The first-order chi connectivity index (χ1) is 24.7. The summed E-state index contributed by atoms with van der Waals surface area (Å²) in [5, 5.41) is 9.75. The Morgan fingerprint density at radius 1 is 0.500 bits per heavy atom. The van der Waals surface area contributed by atoms with Crippen LogP contribution in [0.1, 0.15) is 0 Å². The zero-order chi connectivity index (χ0) is 33.0. The first-order valence-electron chi connectivity index (χ1n) is 16.8. The summed E-state index contributed by atoms with van der Waals surface area (Å²) in [6.45, 7) is 0. The fourth-order valence-corrected chi connectivity index (χ4v) is 12.4. The van der Waals surface area contributed by atoms with Gasteiger partial charge in [-0.25, -0.2) is 4.98 Å². The molecule has 0 aliphatic carbocycles. The largest absolute Gasteiger partial charge is 0.308 e. The van der Waals surface area contributed by atoms with Gasteiger partial charge in [0.05, 0.1) is 16.7 Å². The molecule has 1 aliphatic heterocycles. The van der Waals surface area contributed by atoms with Crippen LogP contribution in [-0.4, -0.2) is 9.55 Å². The average molecular weight is 675 g/mol. The third kappa shape index (κ3) is 3.70. The normalized spacial score (nSPS) is 15.4. The van der Waals surface area contributed by atoms with Gasteiger partial charge in [0.25, 0.3) is 0 Å². The second kappa shape index (κ2) is 10.4. The first kappa shape index (κ1) is 28.1. The Bertz CT molecular complexity index is 3030. The summed E-state index contributed by atoms with van der Waals surface area (Å²) < 4.78 is 20.4. The summed E-state index contributed by atoms with van der Waals surface area (Å²) in [4.78, 5) is 5.42. The highest BCUT2D eigenvalue weighted by Crippen LogP contribution is 2.52. The lowest BCUT2D eigenvalue weighted by molar-refractivity contribution is 0.592. The molecule has 1 atom stereocenters. The van der Waals surface area contributed by atoms with Gasteiger partial charge in [-0.3, -0.25) is 4.57 Å². The molecule has 0 amide bonds. The highest BCUT2D eigenvalue weighted by Gasteiger charge is 2.40. The van der Waals surface area contributed by atoms with Gasteiger partial charge in [-0.1, -0.05) is 127 Å². The quantitative estimate of drug-likeness (QED) is 0.138. The van der Waals surface area contributed by atoms with E-state index in [0.717, 1.165) is 54.8 Å². The topological polar surface area (TPSA) is 34.9 Å². The van der Waals surface area contributed by atoms with Gasteiger partial charge in [-0.15, -0.1) is 11.3 Å². The third-order valence-corrected chi connectivity index (χ3v) is 14.7. The van der Waals surface area contributed by atoms with E-state index in [1.807, 2.05) is 72.0 Å². The van der Waals surface area contributed by atoms with Crippen LogP contribution in [0.15, 0.2) is 164 Å². The van der Waals surface area contributed by atoms with Gasteiger partial charge in [-0.2, -0.15) is 0 Å². The molecular weight excluding hydrogens is 648 g/mol. The van der Waals surface area contributed by atoms with Gasteiger partial charge in [0.15, 0.2) is 7.14 Å². The zero-order valence-electron chi connectivity index (χ0n) is 26.7. The number of hydrogen-bond acceptors (Lipinski definition) is 3. The van der Waals surface area contributed by atoms with E-state index < -0.39 is 7.14 Å². The second-order valence-corrected chi connectivity index (χ2v) is 16.8. The Balaban J connectivity index is 1.25. The maximum Gasteiger partial charge on any atom is 0.175 e. The summed E-state index contributed by atoms with van der Waals surface area (Å²) in [5.74, 6) is 0.859. The lowest BCUT2D eigenvalue weighted by Gasteiger charge is -2.29. The Labute approximate surface area is 292 Å². The van der Waals surface area contributed by atoms with Crippen molar-refractivity contribution in [3.63, 3.8) is 0 Å². The minimum absolute atomic E-state index is 0.834. The van der Waals surface area contributed by atoms with E-state index in [-0.39, 0.29) is 0 Å². The SMILES string of the molecule is O=P1(c2ccccc2)c2ccccc2-n2c(-c3c4ccccc4c(-c4ccc5c(c4)sc4ccccc45)c4ccccc34)nc3cccc1c32. The molecule has 0 N–H and O–H groups in total. The van der Waals surface area contributed by atoms with Crippen LogP contribution in [0.4, 0.5) is 0 Å².